The summed E-state index contributed by atoms with van der Waals surface area (Å²) in [6.45, 7) is 0.329. The second-order valence-electron chi connectivity index (χ2n) is 5.82. The lowest BCUT2D eigenvalue weighted by Gasteiger charge is -2.06. The highest BCUT2D eigenvalue weighted by molar-refractivity contribution is 6.36. The summed E-state index contributed by atoms with van der Waals surface area (Å²) in [5, 5.41) is 8.33. The van der Waals surface area contributed by atoms with Crippen molar-refractivity contribution >= 4 is 52.6 Å². The molecule has 0 fully saturated rings. The minimum atomic E-state index is -0.348. The summed E-state index contributed by atoms with van der Waals surface area (Å²) >= 11 is 18.6. The van der Waals surface area contributed by atoms with Gasteiger partial charge in [-0.05, 0) is 35.9 Å². The van der Waals surface area contributed by atoms with Crippen LogP contribution in [0.5, 0.6) is 5.75 Å². The molecule has 144 valence electrons. The van der Waals surface area contributed by atoms with Crippen LogP contribution in [0.2, 0.25) is 15.1 Å². The first-order valence-electron chi connectivity index (χ1n) is 8.25. The fourth-order valence-corrected chi connectivity index (χ4v) is 3.17. The summed E-state index contributed by atoms with van der Waals surface area (Å²) in [5.41, 5.74) is 1.59. The number of methoxy groups -OCH3 is 1. The van der Waals surface area contributed by atoms with E-state index < -0.39 is 0 Å². The third kappa shape index (κ3) is 5.07. The van der Waals surface area contributed by atoms with Crippen molar-refractivity contribution in [2.75, 3.05) is 12.4 Å². The van der Waals surface area contributed by atoms with Crippen molar-refractivity contribution in [1.29, 1.82) is 0 Å². The van der Waals surface area contributed by atoms with Gasteiger partial charge in [-0.2, -0.15) is 5.10 Å². The summed E-state index contributed by atoms with van der Waals surface area (Å²) in [4.78, 5) is 12.2. The maximum atomic E-state index is 12.2. The molecule has 0 aliphatic heterocycles. The molecule has 0 saturated carbocycles. The van der Waals surface area contributed by atoms with Crippen molar-refractivity contribution in [3.05, 3.63) is 80.9 Å². The van der Waals surface area contributed by atoms with E-state index in [2.05, 4.69) is 10.4 Å². The largest absolute Gasteiger partial charge is 0.497 e. The number of anilines is 1. The third-order valence-electron chi connectivity index (χ3n) is 3.88. The molecule has 0 aliphatic carbocycles. The monoisotopic (exact) mass is 435 g/mol. The molecule has 1 amide bonds. The number of hydrogen-bond donors (Lipinski definition) is 1. The van der Waals surface area contributed by atoms with E-state index in [4.69, 9.17) is 39.5 Å². The summed E-state index contributed by atoms with van der Waals surface area (Å²) in [6.07, 6.45) is 4.69. The Morgan fingerprint density at radius 3 is 2.43 bits per heavy atom. The number of carbonyl (C=O) groups is 1. The van der Waals surface area contributed by atoms with Crippen LogP contribution in [0.4, 0.5) is 5.82 Å². The van der Waals surface area contributed by atoms with Crippen LogP contribution < -0.4 is 10.1 Å². The number of rotatable bonds is 6. The maximum Gasteiger partial charge on any atom is 0.249 e. The molecule has 1 heterocycles. The summed E-state index contributed by atoms with van der Waals surface area (Å²) in [5.74, 6) is 0.658. The van der Waals surface area contributed by atoms with Crippen molar-refractivity contribution in [3.63, 3.8) is 0 Å². The average Bonchev–Trinajstić information content (AvgIpc) is 3.02. The molecular weight excluding hydrogens is 421 g/mol. The van der Waals surface area contributed by atoms with Gasteiger partial charge in [-0.3, -0.25) is 9.48 Å². The Morgan fingerprint density at radius 2 is 1.79 bits per heavy atom. The number of amides is 1. The number of aromatic nitrogens is 2. The van der Waals surface area contributed by atoms with Gasteiger partial charge in [0.1, 0.15) is 10.8 Å². The number of nitrogens with one attached hydrogen (secondary N) is 1. The number of carbonyl (C=O) groups excluding carboxylic acids is 1. The SMILES string of the molecule is COc1ccc(/C=C/C(=O)Nc2nn(Cc3c(Cl)cccc3Cl)cc2Cl)cc1. The van der Waals surface area contributed by atoms with Crippen molar-refractivity contribution in [3.8, 4) is 5.75 Å². The first-order valence-corrected chi connectivity index (χ1v) is 9.38. The Balaban J connectivity index is 1.67. The van der Waals surface area contributed by atoms with E-state index in [0.29, 0.717) is 21.6 Å². The van der Waals surface area contributed by atoms with Gasteiger partial charge >= 0.3 is 0 Å². The van der Waals surface area contributed by atoms with E-state index in [1.54, 1.807) is 42.3 Å². The first-order chi connectivity index (χ1) is 13.5. The molecule has 5 nitrogen and oxygen atoms in total. The number of ether oxygens (including phenoxy) is 1. The molecule has 0 bridgehead atoms. The van der Waals surface area contributed by atoms with Crippen LogP contribution >= 0.6 is 34.8 Å². The molecule has 0 atom stereocenters. The van der Waals surface area contributed by atoms with Gasteiger partial charge in [-0.25, -0.2) is 0 Å². The van der Waals surface area contributed by atoms with Crippen LogP contribution in [-0.2, 0) is 11.3 Å². The fraction of sp³-hybridized carbons (Fsp3) is 0.100. The van der Waals surface area contributed by atoms with Gasteiger partial charge in [0.25, 0.3) is 0 Å². The number of benzene rings is 2. The van der Waals surface area contributed by atoms with Gasteiger partial charge in [0.15, 0.2) is 5.82 Å². The standard InChI is InChI=1S/C20H16Cl3N3O2/c1-28-14-8-5-13(6-9-14)7-10-19(27)24-20-18(23)12-26(25-20)11-15-16(21)3-2-4-17(15)22/h2-10,12H,11H2,1H3,(H,24,25,27)/b10-7+. The number of nitrogens with zero attached hydrogens (tertiary/aromatic N) is 2. The van der Waals surface area contributed by atoms with Gasteiger partial charge in [-0.15, -0.1) is 0 Å². The van der Waals surface area contributed by atoms with Gasteiger partial charge in [0.05, 0.1) is 13.7 Å². The van der Waals surface area contributed by atoms with Crippen LogP contribution in [0, 0.1) is 0 Å². The molecule has 0 radical (unpaired) electrons. The number of halogens is 3. The fourth-order valence-electron chi connectivity index (χ4n) is 2.45. The third-order valence-corrected chi connectivity index (χ3v) is 4.87. The highest BCUT2D eigenvalue weighted by atomic mass is 35.5. The summed E-state index contributed by atoms with van der Waals surface area (Å²) < 4.78 is 6.67. The van der Waals surface area contributed by atoms with Crippen LogP contribution in [0.25, 0.3) is 6.08 Å². The minimum Gasteiger partial charge on any atom is -0.497 e. The molecular formula is C20H16Cl3N3O2. The minimum absolute atomic E-state index is 0.259. The lowest BCUT2D eigenvalue weighted by molar-refractivity contribution is -0.111. The molecule has 1 aromatic heterocycles. The maximum absolute atomic E-state index is 12.2. The lowest BCUT2D eigenvalue weighted by atomic mass is 10.2. The van der Waals surface area contributed by atoms with E-state index in [0.717, 1.165) is 16.9 Å². The highest BCUT2D eigenvalue weighted by Gasteiger charge is 2.12. The van der Waals surface area contributed by atoms with Crippen molar-refractivity contribution < 1.29 is 9.53 Å². The van der Waals surface area contributed by atoms with E-state index in [-0.39, 0.29) is 11.7 Å². The molecule has 0 saturated heterocycles. The van der Waals surface area contributed by atoms with Gasteiger partial charge in [0.2, 0.25) is 5.91 Å². The van der Waals surface area contributed by atoms with Gasteiger partial charge < -0.3 is 10.1 Å². The molecule has 28 heavy (non-hydrogen) atoms. The zero-order chi connectivity index (χ0) is 20.1. The first kappa shape index (κ1) is 20.3. The Kier molecular flexibility index (Phi) is 6.62. The molecule has 2 aromatic carbocycles. The van der Waals surface area contributed by atoms with E-state index in [1.165, 1.54) is 6.08 Å². The number of hydrogen-bond acceptors (Lipinski definition) is 3. The molecule has 1 N–H and O–H groups in total. The van der Waals surface area contributed by atoms with E-state index in [1.807, 2.05) is 24.3 Å². The smallest absolute Gasteiger partial charge is 0.249 e. The predicted octanol–water partition coefficient (Wildman–Crippen LogP) is 5.55. The molecule has 3 aromatic rings. The predicted molar refractivity (Wildman–Crippen MR) is 113 cm³/mol. The van der Waals surface area contributed by atoms with Gasteiger partial charge in [-0.1, -0.05) is 53.0 Å². The zero-order valence-corrected chi connectivity index (χ0v) is 17.1. The topological polar surface area (TPSA) is 56.1 Å². The van der Waals surface area contributed by atoms with Crippen LogP contribution in [0.3, 0.4) is 0 Å². The van der Waals surface area contributed by atoms with E-state index in [9.17, 15) is 4.79 Å². The zero-order valence-electron chi connectivity index (χ0n) is 14.8. The van der Waals surface area contributed by atoms with Crippen LogP contribution in [0.1, 0.15) is 11.1 Å². The average molecular weight is 437 g/mol. The summed E-state index contributed by atoms with van der Waals surface area (Å²) in [6, 6.07) is 12.6. The molecule has 8 heteroatoms. The quantitative estimate of drug-likeness (QED) is 0.515. The Bertz CT molecular complexity index is 994. The van der Waals surface area contributed by atoms with Crippen LogP contribution in [0.15, 0.2) is 54.7 Å². The Labute approximate surface area is 177 Å². The highest BCUT2D eigenvalue weighted by Crippen LogP contribution is 2.27. The van der Waals surface area contributed by atoms with E-state index >= 15 is 0 Å². The normalized spacial score (nSPS) is 11.0. The summed E-state index contributed by atoms with van der Waals surface area (Å²) in [7, 11) is 1.60. The second kappa shape index (κ2) is 9.15. The van der Waals surface area contributed by atoms with Gasteiger partial charge in [0, 0.05) is 27.9 Å². The molecule has 0 spiro atoms. The van der Waals surface area contributed by atoms with Crippen molar-refractivity contribution in [2.45, 2.75) is 6.54 Å². The van der Waals surface area contributed by atoms with Crippen LogP contribution in [-0.4, -0.2) is 22.8 Å². The molecule has 3 rings (SSSR count). The van der Waals surface area contributed by atoms with Crippen molar-refractivity contribution in [1.82, 2.24) is 9.78 Å². The van der Waals surface area contributed by atoms with Crippen molar-refractivity contribution in [2.24, 2.45) is 0 Å². The molecule has 0 aliphatic rings. The second-order valence-corrected chi connectivity index (χ2v) is 7.04. The Morgan fingerprint density at radius 1 is 1.11 bits per heavy atom. The Hall–Kier alpha value is -2.47. The lowest BCUT2D eigenvalue weighted by Crippen LogP contribution is -2.10. The molecule has 0 unspecified atom stereocenters.